The first-order chi connectivity index (χ1) is 14.1. The maximum atomic E-state index is 12.3. The number of carbonyl (C=O) groups excluding carboxylic acids is 2. The predicted molar refractivity (Wildman–Crippen MR) is 112 cm³/mol. The van der Waals surface area contributed by atoms with E-state index < -0.39 is 0 Å². The van der Waals surface area contributed by atoms with E-state index in [4.69, 9.17) is 9.47 Å². The molecule has 0 aliphatic rings. The molecule has 0 aliphatic carbocycles. The van der Waals surface area contributed by atoms with Crippen molar-refractivity contribution in [1.29, 1.82) is 0 Å². The number of benzene rings is 2. The van der Waals surface area contributed by atoms with E-state index in [1.807, 2.05) is 35.0 Å². The molecular formula is C21H21N3O4S. The van der Waals surface area contributed by atoms with E-state index >= 15 is 0 Å². The third kappa shape index (κ3) is 5.39. The molecule has 8 heteroatoms. The number of rotatable bonds is 8. The molecule has 7 nitrogen and oxygen atoms in total. The predicted octanol–water partition coefficient (Wildman–Crippen LogP) is 3.79. The molecule has 1 amide bonds. The van der Waals surface area contributed by atoms with Crippen molar-refractivity contribution in [2.45, 2.75) is 12.1 Å². The zero-order valence-corrected chi connectivity index (χ0v) is 16.9. The number of nitrogens with one attached hydrogen (secondary N) is 1. The van der Waals surface area contributed by atoms with Crippen molar-refractivity contribution in [3.8, 4) is 11.4 Å². The molecule has 0 radical (unpaired) electrons. The van der Waals surface area contributed by atoms with E-state index in [9.17, 15) is 9.59 Å². The molecule has 0 aliphatic heterocycles. The van der Waals surface area contributed by atoms with Gasteiger partial charge in [0.15, 0.2) is 5.16 Å². The Bertz CT molecular complexity index is 968. The number of anilines is 1. The standard InChI is InChI=1S/C21H21N3O4S/c1-3-28-20(26)15-4-6-16(7-5-15)23-19(25)14-29-21-22-12-13-24(21)17-8-10-18(27-2)11-9-17/h4-13H,3,14H2,1-2H3,(H,23,25). The second kappa shape index (κ2) is 9.79. The number of nitrogens with zero attached hydrogens (tertiary/aromatic N) is 2. The molecule has 1 heterocycles. The van der Waals surface area contributed by atoms with Crippen molar-refractivity contribution in [1.82, 2.24) is 9.55 Å². The fourth-order valence-electron chi connectivity index (χ4n) is 2.57. The molecule has 0 saturated heterocycles. The molecule has 29 heavy (non-hydrogen) atoms. The van der Waals surface area contributed by atoms with Crippen LogP contribution in [-0.2, 0) is 9.53 Å². The number of amides is 1. The van der Waals surface area contributed by atoms with Crippen LogP contribution in [0.3, 0.4) is 0 Å². The highest BCUT2D eigenvalue weighted by atomic mass is 32.2. The Morgan fingerprint density at radius 2 is 1.83 bits per heavy atom. The Labute approximate surface area is 173 Å². The Kier molecular flexibility index (Phi) is 6.91. The second-order valence-corrected chi connectivity index (χ2v) is 6.86. The molecule has 0 atom stereocenters. The van der Waals surface area contributed by atoms with Gasteiger partial charge in [-0.25, -0.2) is 9.78 Å². The average Bonchev–Trinajstić information content (AvgIpc) is 3.21. The number of hydrogen-bond donors (Lipinski definition) is 1. The Hall–Kier alpha value is -3.26. The number of aromatic nitrogens is 2. The highest BCUT2D eigenvalue weighted by Crippen LogP contribution is 2.22. The van der Waals surface area contributed by atoms with Gasteiger partial charge < -0.3 is 14.8 Å². The summed E-state index contributed by atoms with van der Waals surface area (Å²) in [6.07, 6.45) is 3.54. The molecule has 150 valence electrons. The van der Waals surface area contributed by atoms with Crippen LogP contribution in [0, 0.1) is 0 Å². The molecular weight excluding hydrogens is 390 g/mol. The summed E-state index contributed by atoms with van der Waals surface area (Å²) in [5, 5.41) is 3.52. The van der Waals surface area contributed by atoms with Crippen LogP contribution in [0.15, 0.2) is 66.1 Å². The zero-order valence-electron chi connectivity index (χ0n) is 16.1. The lowest BCUT2D eigenvalue weighted by molar-refractivity contribution is -0.113. The molecule has 2 aromatic carbocycles. The average molecular weight is 411 g/mol. The fourth-order valence-corrected chi connectivity index (χ4v) is 3.34. The lowest BCUT2D eigenvalue weighted by atomic mass is 10.2. The lowest BCUT2D eigenvalue weighted by Crippen LogP contribution is -2.14. The van der Waals surface area contributed by atoms with E-state index in [1.54, 1.807) is 44.5 Å². The van der Waals surface area contributed by atoms with Gasteiger partial charge in [-0.3, -0.25) is 9.36 Å². The first-order valence-corrected chi connectivity index (χ1v) is 9.97. The van der Waals surface area contributed by atoms with Crippen molar-refractivity contribution in [2.75, 3.05) is 24.8 Å². The minimum atomic E-state index is -0.383. The smallest absolute Gasteiger partial charge is 0.338 e. The lowest BCUT2D eigenvalue weighted by Gasteiger charge is -2.09. The van der Waals surface area contributed by atoms with Crippen LogP contribution in [0.4, 0.5) is 5.69 Å². The summed E-state index contributed by atoms with van der Waals surface area (Å²) in [4.78, 5) is 28.3. The fraction of sp³-hybridized carbons (Fsp3) is 0.190. The van der Waals surface area contributed by atoms with Crippen LogP contribution < -0.4 is 10.1 Å². The summed E-state index contributed by atoms with van der Waals surface area (Å²) >= 11 is 1.33. The largest absolute Gasteiger partial charge is 0.497 e. The normalized spacial score (nSPS) is 10.4. The first kappa shape index (κ1) is 20.5. The Balaban J connectivity index is 1.57. The summed E-state index contributed by atoms with van der Waals surface area (Å²) in [7, 11) is 1.62. The van der Waals surface area contributed by atoms with Crippen LogP contribution in [0.2, 0.25) is 0 Å². The van der Waals surface area contributed by atoms with E-state index in [0.717, 1.165) is 11.4 Å². The van der Waals surface area contributed by atoms with E-state index in [0.29, 0.717) is 23.0 Å². The van der Waals surface area contributed by atoms with Gasteiger partial charge in [-0.2, -0.15) is 0 Å². The van der Waals surface area contributed by atoms with Crippen LogP contribution in [-0.4, -0.2) is 40.9 Å². The zero-order chi connectivity index (χ0) is 20.6. The van der Waals surface area contributed by atoms with Crippen LogP contribution >= 0.6 is 11.8 Å². The highest BCUT2D eigenvalue weighted by Gasteiger charge is 2.11. The minimum Gasteiger partial charge on any atom is -0.497 e. The quantitative estimate of drug-likeness (QED) is 0.449. The molecule has 0 bridgehead atoms. The van der Waals surface area contributed by atoms with Gasteiger partial charge in [0.1, 0.15) is 5.75 Å². The van der Waals surface area contributed by atoms with Crippen LogP contribution in [0.5, 0.6) is 5.75 Å². The third-order valence-corrected chi connectivity index (χ3v) is 4.94. The van der Waals surface area contributed by atoms with Gasteiger partial charge in [-0.15, -0.1) is 0 Å². The highest BCUT2D eigenvalue weighted by molar-refractivity contribution is 7.99. The first-order valence-electron chi connectivity index (χ1n) is 8.98. The molecule has 1 N–H and O–H groups in total. The minimum absolute atomic E-state index is 0.164. The van der Waals surface area contributed by atoms with E-state index in [1.165, 1.54) is 11.8 Å². The number of esters is 1. The molecule has 3 rings (SSSR count). The second-order valence-electron chi connectivity index (χ2n) is 5.91. The van der Waals surface area contributed by atoms with Gasteiger partial charge in [-0.1, -0.05) is 11.8 Å². The van der Waals surface area contributed by atoms with Crippen molar-refractivity contribution < 1.29 is 19.1 Å². The molecule has 0 unspecified atom stereocenters. The summed E-state index contributed by atoms with van der Waals surface area (Å²) < 4.78 is 12.0. The van der Waals surface area contributed by atoms with Gasteiger partial charge in [0.25, 0.3) is 0 Å². The van der Waals surface area contributed by atoms with Crippen molar-refractivity contribution in [3.05, 3.63) is 66.5 Å². The van der Waals surface area contributed by atoms with Crippen LogP contribution in [0.25, 0.3) is 5.69 Å². The van der Waals surface area contributed by atoms with Crippen molar-refractivity contribution in [3.63, 3.8) is 0 Å². The number of methoxy groups -OCH3 is 1. The number of thioether (sulfide) groups is 1. The molecule has 0 fully saturated rings. The van der Waals surface area contributed by atoms with Crippen molar-refractivity contribution >= 4 is 29.3 Å². The number of ether oxygens (including phenoxy) is 2. The summed E-state index contributed by atoms with van der Waals surface area (Å²) in [5.41, 5.74) is 1.99. The number of carbonyl (C=O) groups is 2. The SMILES string of the molecule is CCOC(=O)c1ccc(NC(=O)CSc2nccn2-c2ccc(OC)cc2)cc1. The molecule has 3 aromatic rings. The van der Waals surface area contributed by atoms with Gasteiger partial charge in [0, 0.05) is 23.8 Å². The van der Waals surface area contributed by atoms with Crippen LogP contribution in [0.1, 0.15) is 17.3 Å². The summed E-state index contributed by atoms with van der Waals surface area (Å²) in [6.45, 7) is 2.07. The molecule has 0 saturated carbocycles. The van der Waals surface area contributed by atoms with E-state index in [2.05, 4.69) is 10.3 Å². The van der Waals surface area contributed by atoms with Gasteiger partial charge in [-0.05, 0) is 55.5 Å². The van der Waals surface area contributed by atoms with Gasteiger partial charge in [0.2, 0.25) is 5.91 Å². The van der Waals surface area contributed by atoms with Gasteiger partial charge in [0.05, 0.1) is 25.0 Å². The number of hydrogen-bond acceptors (Lipinski definition) is 6. The summed E-state index contributed by atoms with van der Waals surface area (Å²) in [5.74, 6) is 0.429. The third-order valence-electron chi connectivity index (χ3n) is 3.97. The maximum absolute atomic E-state index is 12.3. The van der Waals surface area contributed by atoms with Crippen molar-refractivity contribution in [2.24, 2.45) is 0 Å². The summed E-state index contributed by atoms with van der Waals surface area (Å²) in [6, 6.07) is 14.2. The monoisotopic (exact) mass is 411 g/mol. The topological polar surface area (TPSA) is 82.5 Å². The Morgan fingerprint density at radius 3 is 2.48 bits per heavy atom. The maximum Gasteiger partial charge on any atom is 0.338 e. The molecule has 0 spiro atoms. The van der Waals surface area contributed by atoms with Gasteiger partial charge >= 0.3 is 5.97 Å². The molecule has 1 aromatic heterocycles. The number of imidazole rings is 1. The Morgan fingerprint density at radius 1 is 1.10 bits per heavy atom. The van der Waals surface area contributed by atoms with E-state index in [-0.39, 0.29) is 17.6 Å².